The zero-order chi connectivity index (χ0) is 22.8. The number of thiophene rings is 1. The van der Waals surface area contributed by atoms with Gasteiger partial charge >= 0.3 is 0 Å². The Bertz CT molecular complexity index is 1120. The van der Waals surface area contributed by atoms with Crippen molar-refractivity contribution in [1.29, 1.82) is 5.26 Å². The highest BCUT2D eigenvalue weighted by atomic mass is 35.5. The number of aliphatic hydroxyl groups excluding tert-OH is 4. The van der Waals surface area contributed by atoms with Gasteiger partial charge in [0.1, 0.15) is 40.9 Å². The predicted molar refractivity (Wildman–Crippen MR) is 122 cm³/mol. The third kappa shape index (κ3) is 4.55. The zero-order valence-electron chi connectivity index (χ0n) is 16.5. The van der Waals surface area contributed by atoms with E-state index in [2.05, 4.69) is 11.1 Å². The molecule has 0 unspecified atom stereocenters. The van der Waals surface area contributed by atoms with E-state index in [9.17, 15) is 25.7 Å². The van der Waals surface area contributed by atoms with Gasteiger partial charge in [-0.05, 0) is 35.2 Å². The first kappa shape index (κ1) is 23.2. The summed E-state index contributed by atoms with van der Waals surface area (Å²) in [7, 11) is 0. The van der Waals surface area contributed by atoms with E-state index in [1.807, 2.05) is 23.6 Å². The fraction of sp³-hybridized carbons (Fsp3) is 0.273. The molecule has 166 valence electrons. The van der Waals surface area contributed by atoms with Gasteiger partial charge in [-0.15, -0.1) is 11.3 Å². The van der Waals surface area contributed by atoms with Crippen LogP contribution in [-0.4, -0.2) is 61.9 Å². The summed E-state index contributed by atoms with van der Waals surface area (Å²) in [6.45, 7) is -0.536. The van der Waals surface area contributed by atoms with Crippen LogP contribution in [0, 0.1) is 11.3 Å². The molecule has 1 aliphatic rings. The molecule has 0 spiro atoms. The normalized spacial score (nSPS) is 25.4. The Morgan fingerprint density at radius 1 is 1.12 bits per heavy atom. The molecular formula is C22H19ClN2O5S2. The molecule has 0 saturated carbocycles. The first-order chi connectivity index (χ1) is 15.4. The van der Waals surface area contributed by atoms with Crippen LogP contribution in [0.4, 0.5) is 0 Å². The van der Waals surface area contributed by atoms with E-state index in [1.165, 1.54) is 11.3 Å². The minimum atomic E-state index is -1.51. The Morgan fingerprint density at radius 3 is 2.50 bits per heavy atom. The molecule has 7 nitrogen and oxygen atoms in total. The number of halogens is 1. The topological polar surface area (TPSA) is 127 Å². The molecule has 0 radical (unpaired) electrons. The molecule has 3 heterocycles. The Labute approximate surface area is 197 Å². The largest absolute Gasteiger partial charge is 0.394 e. The van der Waals surface area contributed by atoms with Gasteiger partial charge in [0.15, 0.2) is 0 Å². The lowest BCUT2D eigenvalue weighted by atomic mass is 10.0. The Kier molecular flexibility index (Phi) is 7.14. The molecule has 1 saturated heterocycles. The maximum Gasteiger partial charge on any atom is 0.138 e. The van der Waals surface area contributed by atoms with E-state index in [-0.39, 0.29) is 5.56 Å². The predicted octanol–water partition coefficient (Wildman–Crippen LogP) is 2.89. The van der Waals surface area contributed by atoms with Crippen molar-refractivity contribution in [2.45, 2.75) is 34.9 Å². The average molecular weight is 491 g/mol. The summed E-state index contributed by atoms with van der Waals surface area (Å²) in [6, 6.07) is 14.9. The molecule has 2 aromatic heterocycles. The van der Waals surface area contributed by atoms with Gasteiger partial charge in [0, 0.05) is 10.6 Å². The van der Waals surface area contributed by atoms with Gasteiger partial charge < -0.3 is 25.2 Å². The van der Waals surface area contributed by atoms with Gasteiger partial charge in [0.25, 0.3) is 0 Å². The molecule has 3 aromatic rings. The molecule has 4 rings (SSSR count). The highest BCUT2D eigenvalue weighted by molar-refractivity contribution is 7.99. The number of hydrogen-bond acceptors (Lipinski definition) is 9. The van der Waals surface area contributed by atoms with Crippen molar-refractivity contribution in [1.82, 2.24) is 4.98 Å². The zero-order valence-corrected chi connectivity index (χ0v) is 18.9. The maximum absolute atomic E-state index is 10.5. The molecule has 0 bridgehead atoms. The molecule has 5 atom stereocenters. The Hall–Kier alpha value is -2.00. The van der Waals surface area contributed by atoms with Crippen LogP contribution in [-0.2, 0) is 4.74 Å². The van der Waals surface area contributed by atoms with Crippen molar-refractivity contribution in [3.63, 3.8) is 0 Å². The molecule has 32 heavy (non-hydrogen) atoms. The number of thioether (sulfide) groups is 1. The van der Waals surface area contributed by atoms with Gasteiger partial charge in [0.2, 0.25) is 0 Å². The van der Waals surface area contributed by atoms with E-state index in [1.54, 1.807) is 24.3 Å². The number of nitriles is 1. The van der Waals surface area contributed by atoms with E-state index < -0.39 is 36.5 Å². The van der Waals surface area contributed by atoms with E-state index in [4.69, 9.17) is 16.3 Å². The van der Waals surface area contributed by atoms with Crippen molar-refractivity contribution >= 4 is 34.7 Å². The van der Waals surface area contributed by atoms with Crippen LogP contribution < -0.4 is 0 Å². The molecule has 10 heteroatoms. The Morgan fingerprint density at radius 2 is 1.88 bits per heavy atom. The fourth-order valence-electron chi connectivity index (χ4n) is 3.40. The maximum atomic E-state index is 10.5. The van der Waals surface area contributed by atoms with Gasteiger partial charge in [-0.2, -0.15) is 5.26 Å². The second-order valence-corrected chi connectivity index (χ2v) is 9.62. The fourth-order valence-corrected chi connectivity index (χ4v) is 5.35. The third-order valence-electron chi connectivity index (χ3n) is 5.10. The number of pyridine rings is 1. The molecule has 1 fully saturated rings. The highest BCUT2D eigenvalue weighted by Crippen LogP contribution is 2.39. The second-order valence-electron chi connectivity index (χ2n) is 7.15. The monoisotopic (exact) mass is 490 g/mol. The summed E-state index contributed by atoms with van der Waals surface area (Å²) >= 11 is 8.48. The summed E-state index contributed by atoms with van der Waals surface area (Å²) in [5.41, 5.74) is 1.25. The van der Waals surface area contributed by atoms with E-state index in [0.29, 0.717) is 21.3 Å². The van der Waals surface area contributed by atoms with Crippen molar-refractivity contribution in [3.8, 4) is 27.8 Å². The summed E-state index contributed by atoms with van der Waals surface area (Å²) in [4.78, 5) is 5.53. The van der Waals surface area contributed by atoms with Crippen molar-refractivity contribution in [3.05, 3.63) is 58.4 Å². The first-order valence-electron chi connectivity index (χ1n) is 9.65. The SMILES string of the molecule is N#Cc1c(-c2ccc(Cl)cc2)cc(-c2cccs2)nc1S[C@@H]1O[C@H](CO)[C@@H](O)[C@H](O)[C@H]1O. The van der Waals surface area contributed by atoms with Gasteiger partial charge in [-0.1, -0.05) is 41.6 Å². The minimum absolute atomic E-state index is 0.273. The van der Waals surface area contributed by atoms with Crippen LogP contribution in [0.25, 0.3) is 21.7 Å². The van der Waals surface area contributed by atoms with Crippen molar-refractivity contribution < 1.29 is 25.2 Å². The molecule has 0 amide bonds. The van der Waals surface area contributed by atoms with Crippen LogP contribution >= 0.6 is 34.7 Å². The smallest absolute Gasteiger partial charge is 0.138 e. The number of ether oxygens (including phenoxy) is 1. The first-order valence-corrected chi connectivity index (χ1v) is 11.8. The Balaban J connectivity index is 1.80. The van der Waals surface area contributed by atoms with Crippen molar-refractivity contribution in [2.24, 2.45) is 0 Å². The number of hydrogen-bond donors (Lipinski definition) is 4. The number of aromatic nitrogens is 1. The number of rotatable bonds is 5. The molecular weight excluding hydrogens is 472 g/mol. The summed E-state index contributed by atoms with van der Waals surface area (Å²) in [5, 5.41) is 52.9. The number of benzene rings is 1. The van der Waals surface area contributed by atoms with Gasteiger partial charge in [-0.25, -0.2) is 4.98 Å². The lowest BCUT2D eigenvalue weighted by molar-refractivity contribution is -0.205. The molecule has 0 aliphatic carbocycles. The minimum Gasteiger partial charge on any atom is -0.394 e. The molecule has 4 N–H and O–H groups in total. The molecule has 1 aliphatic heterocycles. The number of aliphatic hydroxyl groups is 4. The quantitative estimate of drug-likeness (QED) is 0.430. The summed E-state index contributed by atoms with van der Waals surface area (Å²) < 4.78 is 5.61. The summed E-state index contributed by atoms with van der Waals surface area (Å²) in [6.07, 6.45) is -5.47. The number of nitrogens with zero attached hydrogens (tertiary/aromatic N) is 2. The average Bonchev–Trinajstić information content (AvgIpc) is 3.34. The lowest BCUT2D eigenvalue weighted by Crippen LogP contribution is -2.57. The standard InChI is InChI=1S/C22H19ClN2O5S2/c23-12-5-3-11(4-6-12)13-8-15(17-2-1-7-31-17)25-21(14(13)9-24)32-22-20(29)19(28)18(27)16(10-26)30-22/h1-8,16,18-20,22,26-29H,10H2/t16-,18-,19+,20-,22+/m1/s1. The van der Waals surface area contributed by atoms with Crippen LogP contribution in [0.1, 0.15) is 5.56 Å². The van der Waals surface area contributed by atoms with Gasteiger partial charge in [-0.3, -0.25) is 0 Å². The van der Waals surface area contributed by atoms with E-state index >= 15 is 0 Å². The van der Waals surface area contributed by atoms with Crippen molar-refractivity contribution in [2.75, 3.05) is 6.61 Å². The van der Waals surface area contributed by atoms with Crippen LogP contribution in [0.2, 0.25) is 5.02 Å². The van der Waals surface area contributed by atoms with E-state index in [0.717, 1.165) is 22.2 Å². The third-order valence-corrected chi connectivity index (χ3v) is 7.39. The summed E-state index contributed by atoms with van der Waals surface area (Å²) in [5.74, 6) is 0. The van der Waals surface area contributed by atoms with Crippen LogP contribution in [0.15, 0.2) is 52.9 Å². The van der Waals surface area contributed by atoms with Crippen LogP contribution in [0.3, 0.4) is 0 Å². The van der Waals surface area contributed by atoms with Crippen LogP contribution in [0.5, 0.6) is 0 Å². The lowest BCUT2D eigenvalue weighted by Gasteiger charge is -2.39. The highest BCUT2D eigenvalue weighted by Gasteiger charge is 2.44. The molecule has 1 aromatic carbocycles. The van der Waals surface area contributed by atoms with Gasteiger partial charge in [0.05, 0.1) is 22.7 Å². The second kappa shape index (κ2) is 9.87.